The van der Waals surface area contributed by atoms with Crippen molar-refractivity contribution in [1.29, 1.82) is 0 Å². The molecule has 160 valence electrons. The Balaban J connectivity index is 0.00000196. The molecule has 0 radical (unpaired) electrons. The SMILES string of the molecule is C[N-][Si](C)(C)C1C2CCCCC2C2C(c3ccccc3)=C(C)N(C)C21.[CH3-].[CH3-].[CH3-].[Ti+4]. The molecule has 0 aromatic heterocycles. The molecule has 2 aliphatic carbocycles. The first-order valence-corrected chi connectivity index (χ1v) is 13.1. The van der Waals surface area contributed by atoms with E-state index < -0.39 is 8.24 Å². The van der Waals surface area contributed by atoms with Gasteiger partial charge in [0.25, 0.3) is 0 Å². The van der Waals surface area contributed by atoms with Crippen molar-refractivity contribution in [3.05, 3.63) is 68.9 Å². The summed E-state index contributed by atoms with van der Waals surface area (Å²) in [7, 11) is 2.86. The topological polar surface area (TPSA) is 17.3 Å². The predicted octanol–water partition coefficient (Wildman–Crippen LogP) is 7.09. The maximum atomic E-state index is 5.00. The number of nitrogens with zero attached hydrogens (tertiary/aromatic N) is 2. The molecule has 0 saturated heterocycles. The van der Waals surface area contributed by atoms with Gasteiger partial charge in [0.15, 0.2) is 0 Å². The number of hydrogen-bond acceptors (Lipinski definition) is 1. The summed E-state index contributed by atoms with van der Waals surface area (Å²) < 4.78 is 0. The fourth-order valence-corrected chi connectivity index (χ4v) is 9.47. The quantitative estimate of drug-likeness (QED) is 0.358. The minimum Gasteiger partial charge on any atom is -0.667 e. The Hall–Kier alpha value is -0.349. The van der Waals surface area contributed by atoms with E-state index in [1.165, 1.54) is 36.9 Å². The zero-order chi connectivity index (χ0) is 17.8. The molecule has 4 rings (SSSR count). The van der Waals surface area contributed by atoms with E-state index in [2.05, 4.69) is 69.3 Å². The predicted molar refractivity (Wildman–Crippen MR) is 129 cm³/mol. The maximum Gasteiger partial charge on any atom is 4.00 e. The van der Waals surface area contributed by atoms with Crippen molar-refractivity contribution >= 4 is 13.8 Å². The van der Waals surface area contributed by atoms with Crippen LogP contribution in [0.2, 0.25) is 18.6 Å². The largest absolute Gasteiger partial charge is 4.00 e. The van der Waals surface area contributed by atoms with Crippen LogP contribution in [0.5, 0.6) is 0 Å². The van der Waals surface area contributed by atoms with Crippen molar-refractivity contribution < 1.29 is 21.7 Å². The fourth-order valence-electron chi connectivity index (χ4n) is 6.44. The maximum absolute atomic E-state index is 5.00. The standard InChI is InChI=1S/C22H33N2Si.3CH3.Ti/c1-15-19(16-11-7-6-8-12-16)20-17-13-9-10-14-18(17)22(21(20)24(15)3)25(4,5)23-2;;;;/h6-8,11-12,17-18,20-22H,9-10,13-14H2,1-5H3;3*1H3;/q4*-1;+4. The summed E-state index contributed by atoms with van der Waals surface area (Å²) in [5, 5.41) is 0. The van der Waals surface area contributed by atoms with Crippen LogP contribution in [0.4, 0.5) is 0 Å². The summed E-state index contributed by atoms with van der Waals surface area (Å²) >= 11 is 0. The summed E-state index contributed by atoms with van der Waals surface area (Å²) in [6, 6.07) is 11.9. The number of rotatable bonds is 3. The molecule has 4 heteroatoms. The summed E-state index contributed by atoms with van der Waals surface area (Å²) in [5.74, 6) is 2.48. The fraction of sp³-hybridized carbons (Fsp3) is 0.560. The van der Waals surface area contributed by atoms with E-state index in [9.17, 15) is 0 Å². The Bertz CT molecular complexity index is 673. The molecule has 1 heterocycles. The monoisotopic (exact) mass is 446 g/mol. The van der Waals surface area contributed by atoms with Gasteiger partial charge < -0.3 is 32.2 Å². The van der Waals surface area contributed by atoms with Crippen molar-refractivity contribution in [3.8, 4) is 0 Å². The van der Waals surface area contributed by atoms with E-state index in [-0.39, 0.29) is 44.0 Å². The molecule has 0 bridgehead atoms. The Morgan fingerprint density at radius 1 is 0.966 bits per heavy atom. The van der Waals surface area contributed by atoms with Gasteiger partial charge in [-0.3, -0.25) is 0 Å². The van der Waals surface area contributed by atoms with Crippen molar-refractivity contribution in [2.75, 3.05) is 14.1 Å². The van der Waals surface area contributed by atoms with E-state index in [0.29, 0.717) is 6.04 Å². The van der Waals surface area contributed by atoms with E-state index in [1.807, 2.05) is 0 Å². The molecular weight excluding hydrogens is 404 g/mol. The normalized spacial score (nSPS) is 30.2. The zero-order valence-corrected chi connectivity index (χ0v) is 22.6. The molecule has 1 aromatic rings. The second kappa shape index (κ2) is 10.8. The number of benzene rings is 1. The third-order valence-electron chi connectivity index (χ3n) is 7.71. The van der Waals surface area contributed by atoms with Crippen molar-refractivity contribution in [2.24, 2.45) is 17.8 Å². The summed E-state index contributed by atoms with van der Waals surface area (Å²) in [6.45, 7) is 7.37. The molecular formula is C25H42N2SiTi. The number of fused-ring (bicyclic) bond motifs is 3. The van der Waals surface area contributed by atoms with Gasteiger partial charge in [-0.1, -0.05) is 70.9 Å². The number of allylic oxidation sites excluding steroid dienone is 1. The van der Waals surface area contributed by atoms with Crippen LogP contribution in [0.3, 0.4) is 0 Å². The van der Waals surface area contributed by atoms with E-state index in [0.717, 1.165) is 23.3 Å². The Kier molecular flexibility index (Phi) is 10.7. The van der Waals surface area contributed by atoms with Gasteiger partial charge in [0.1, 0.15) is 0 Å². The van der Waals surface area contributed by atoms with E-state index in [1.54, 1.807) is 5.57 Å². The zero-order valence-electron chi connectivity index (χ0n) is 20.0. The Morgan fingerprint density at radius 2 is 1.52 bits per heavy atom. The molecule has 0 amide bonds. The molecule has 2 saturated carbocycles. The van der Waals surface area contributed by atoms with Crippen molar-refractivity contribution in [2.45, 2.75) is 57.3 Å². The van der Waals surface area contributed by atoms with Gasteiger partial charge >= 0.3 is 21.7 Å². The summed E-state index contributed by atoms with van der Waals surface area (Å²) in [6.07, 6.45) is 5.71. The van der Waals surface area contributed by atoms with E-state index >= 15 is 0 Å². The molecule has 29 heavy (non-hydrogen) atoms. The van der Waals surface area contributed by atoms with Crippen LogP contribution in [0, 0.1) is 40.0 Å². The third-order valence-corrected chi connectivity index (χ3v) is 11.3. The molecule has 0 N–H and O–H groups in total. The van der Waals surface area contributed by atoms with Gasteiger partial charge in [-0.2, -0.15) is 7.05 Å². The molecule has 5 unspecified atom stereocenters. The molecule has 1 aromatic carbocycles. The van der Waals surface area contributed by atoms with Crippen LogP contribution < -0.4 is 0 Å². The van der Waals surface area contributed by atoms with Crippen LogP contribution in [-0.4, -0.2) is 33.3 Å². The van der Waals surface area contributed by atoms with Gasteiger partial charge in [-0.25, -0.2) is 0 Å². The van der Waals surface area contributed by atoms with Gasteiger partial charge in [-0.15, -0.1) is 0 Å². The van der Waals surface area contributed by atoms with Gasteiger partial charge in [0.2, 0.25) is 0 Å². The van der Waals surface area contributed by atoms with Crippen LogP contribution >= 0.6 is 0 Å². The van der Waals surface area contributed by atoms with E-state index in [4.69, 9.17) is 4.98 Å². The average molecular weight is 447 g/mol. The third kappa shape index (κ3) is 4.49. The Labute approximate surface area is 197 Å². The van der Waals surface area contributed by atoms with Gasteiger partial charge in [0, 0.05) is 24.7 Å². The van der Waals surface area contributed by atoms with Crippen LogP contribution in [-0.2, 0) is 21.7 Å². The summed E-state index contributed by atoms with van der Waals surface area (Å²) in [4.78, 5) is 7.65. The van der Waals surface area contributed by atoms with Gasteiger partial charge in [0.05, 0.1) is 0 Å². The smallest absolute Gasteiger partial charge is 0.667 e. The molecule has 2 nitrogen and oxygen atoms in total. The first-order valence-electron chi connectivity index (χ1n) is 10.1. The van der Waals surface area contributed by atoms with Crippen molar-refractivity contribution in [1.82, 2.24) is 4.90 Å². The average Bonchev–Trinajstić information content (AvgIpc) is 3.09. The first-order chi connectivity index (χ1) is 12.0. The Morgan fingerprint density at radius 3 is 2.07 bits per heavy atom. The molecule has 0 spiro atoms. The molecule has 1 aliphatic heterocycles. The minimum atomic E-state index is -1.58. The minimum absolute atomic E-state index is 0. The van der Waals surface area contributed by atoms with Crippen LogP contribution in [0.25, 0.3) is 10.6 Å². The summed E-state index contributed by atoms with van der Waals surface area (Å²) in [5.41, 5.74) is 5.41. The number of hydrogen-bond donors (Lipinski definition) is 0. The second-order valence-electron chi connectivity index (χ2n) is 9.01. The van der Waals surface area contributed by atoms with Crippen LogP contribution in [0.15, 0.2) is 36.0 Å². The van der Waals surface area contributed by atoms with Crippen molar-refractivity contribution in [3.63, 3.8) is 0 Å². The van der Waals surface area contributed by atoms with Gasteiger partial charge in [-0.05, 0) is 41.9 Å². The molecule has 3 aliphatic rings. The molecule has 2 fully saturated rings. The molecule has 5 atom stereocenters. The second-order valence-corrected chi connectivity index (χ2v) is 13.4. The first kappa shape index (κ1) is 28.7. The van der Waals surface area contributed by atoms with Crippen LogP contribution in [0.1, 0.15) is 38.2 Å².